The Balaban J connectivity index is 2.11. The van der Waals surface area contributed by atoms with Gasteiger partial charge in [-0.1, -0.05) is 0 Å². The second kappa shape index (κ2) is 5.52. The van der Waals surface area contributed by atoms with Crippen LogP contribution in [0.25, 0.3) is 0 Å². The van der Waals surface area contributed by atoms with Gasteiger partial charge in [-0.3, -0.25) is 0 Å². The maximum absolute atomic E-state index is 8.75. The zero-order valence-corrected chi connectivity index (χ0v) is 11.0. The van der Waals surface area contributed by atoms with E-state index in [0.717, 1.165) is 10.0 Å². The van der Waals surface area contributed by atoms with Gasteiger partial charge in [0.05, 0.1) is 4.47 Å². The predicted molar refractivity (Wildman–Crippen MR) is 71.8 cm³/mol. The van der Waals surface area contributed by atoms with Crippen LogP contribution in [0.15, 0.2) is 41.0 Å². The summed E-state index contributed by atoms with van der Waals surface area (Å²) in [5.74, 6) is 0.672. The van der Waals surface area contributed by atoms with Crippen molar-refractivity contribution in [2.75, 3.05) is 5.73 Å². The molecule has 1 aromatic carbocycles. The van der Waals surface area contributed by atoms with Crippen LogP contribution in [0, 0.1) is 11.3 Å². The van der Waals surface area contributed by atoms with E-state index in [1.54, 1.807) is 30.5 Å². The molecule has 0 amide bonds. The van der Waals surface area contributed by atoms with Crippen molar-refractivity contribution in [3.05, 3.63) is 52.3 Å². The van der Waals surface area contributed by atoms with E-state index in [2.05, 4.69) is 20.9 Å². The van der Waals surface area contributed by atoms with Crippen molar-refractivity contribution in [1.29, 1.82) is 5.26 Å². The van der Waals surface area contributed by atoms with Gasteiger partial charge in [-0.2, -0.15) is 5.26 Å². The highest BCUT2D eigenvalue weighted by Gasteiger charge is 2.03. The molecule has 4 nitrogen and oxygen atoms in total. The average Bonchev–Trinajstić information content (AvgIpc) is 2.40. The minimum absolute atomic E-state index is 0.360. The van der Waals surface area contributed by atoms with Crippen molar-refractivity contribution >= 4 is 21.6 Å². The van der Waals surface area contributed by atoms with Gasteiger partial charge in [0.15, 0.2) is 0 Å². The number of nitrogens with zero attached hydrogens (tertiary/aromatic N) is 2. The number of pyridine rings is 1. The summed E-state index contributed by atoms with van der Waals surface area (Å²) in [7, 11) is 0. The molecule has 0 spiro atoms. The number of hydrogen-bond acceptors (Lipinski definition) is 4. The fourth-order valence-corrected chi connectivity index (χ4v) is 1.78. The molecule has 18 heavy (non-hydrogen) atoms. The van der Waals surface area contributed by atoms with Crippen molar-refractivity contribution in [3.8, 4) is 11.8 Å². The van der Waals surface area contributed by atoms with Crippen molar-refractivity contribution in [2.45, 2.75) is 6.61 Å². The summed E-state index contributed by atoms with van der Waals surface area (Å²) < 4.78 is 6.48. The highest BCUT2D eigenvalue weighted by atomic mass is 79.9. The molecule has 0 atom stereocenters. The Morgan fingerprint density at radius 2 is 2.17 bits per heavy atom. The first-order valence-electron chi connectivity index (χ1n) is 5.22. The molecular weight excluding hydrogens is 294 g/mol. The molecule has 0 saturated heterocycles. The predicted octanol–water partition coefficient (Wildman–Crippen LogP) is 2.88. The molecule has 2 rings (SSSR count). The quantitative estimate of drug-likeness (QED) is 0.885. The van der Waals surface area contributed by atoms with E-state index in [4.69, 9.17) is 15.7 Å². The van der Waals surface area contributed by atoms with E-state index in [-0.39, 0.29) is 0 Å². The zero-order chi connectivity index (χ0) is 13.0. The largest absolute Gasteiger partial charge is 0.488 e. The number of nitrogen functional groups attached to an aromatic ring is 1. The normalized spacial score (nSPS) is 9.78. The lowest BCUT2D eigenvalue weighted by Crippen LogP contribution is -1.98. The van der Waals surface area contributed by atoms with Crippen LogP contribution in [0.2, 0.25) is 0 Å². The lowest BCUT2D eigenvalue weighted by Gasteiger charge is -2.09. The summed E-state index contributed by atoms with van der Waals surface area (Å²) >= 11 is 3.39. The first kappa shape index (κ1) is 12.4. The molecule has 5 heteroatoms. The highest BCUT2D eigenvalue weighted by molar-refractivity contribution is 9.10. The van der Waals surface area contributed by atoms with Gasteiger partial charge >= 0.3 is 0 Å². The van der Waals surface area contributed by atoms with Gasteiger partial charge in [0, 0.05) is 18.0 Å². The van der Waals surface area contributed by atoms with E-state index in [9.17, 15) is 0 Å². The van der Waals surface area contributed by atoms with E-state index in [0.29, 0.717) is 23.7 Å². The summed E-state index contributed by atoms with van der Waals surface area (Å²) in [6, 6.07) is 10.9. The van der Waals surface area contributed by atoms with E-state index in [1.165, 1.54) is 0 Å². The van der Waals surface area contributed by atoms with Crippen LogP contribution in [-0.4, -0.2) is 4.98 Å². The molecule has 2 N–H and O–H groups in total. The first-order chi connectivity index (χ1) is 8.69. The van der Waals surface area contributed by atoms with Gasteiger partial charge in [-0.05, 0) is 45.8 Å². The molecule has 1 heterocycles. The topological polar surface area (TPSA) is 71.9 Å². The van der Waals surface area contributed by atoms with Crippen molar-refractivity contribution in [3.63, 3.8) is 0 Å². The highest BCUT2D eigenvalue weighted by Crippen LogP contribution is 2.27. The fourth-order valence-electron chi connectivity index (χ4n) is 1.42. The number of aromatic nitrogens is 1. The minimum atomic E-state index is 0.360. The van der Waals surface area contributed by atoms with Crippen LogP contribution < -0.4 is 10.5 Å². The lowest BCUT2D eigenvalue weighted by molar-refractivity contribution is 0.304. The molecule has 0 aliphatic rings. The molecule has 0 radical (unpaired) electrons. The molecular formula is C13H10BrN3O. The standard InChI is InChI=1S/C13H10BrN3O/c14-12-2-1-10(16)6-13(12)18-8-9-3-4-17-11(5-9)7-15/h1-6H,8,16H2. The lowest BCUT2D eigenvalue weighted by atomic mass is 10.2. The SMILES string of the molecule is N#Cc1cc(COc2cc(N)ccc2Br)ccn1. The number of ether oxygens (including phenoxy) is 1. The van der Waals surface area contributed by atoms with E-state index < -0.39 is 0 Å². The van der Waals surface area contributed by atoms with Crippen molar-refractivity contribution in [2.24, 2.45) is 0 Å². The molecule has 0 saturated carbocycles. The Morgan fingerprint density at radius 1 is 1.33 bits per heavy atom. The van der Waals surface area contributed by atoms with Gasteiger partial charge in [-0.25, -0.2) is 4.98 Å². The van der Waals surface area contributed by atoms with Gasteiger partial charge in [0.25, 0.3) is 0 Å². The van der Waals surface area contributed by atoms with Gasteiger partial charge in [0.2, 0.25) is 0 Å². The Kier molecular flexibility index (Phi) is 3.80. The third-order valence-corrected chi connectivity index (χ3v) is 2.94. The van der Waals surface area contributed by atoms with Crippen LogP contribution >= 0.6 is 15.9 Å². The smallest absolute Gasteiger partial charge is 0.140 e. The summed E-state index contributed by atoms with van der Waals surface area (Å²) in [6.45, 7) is 0.360. The van der Waals surface area contributed by atoms with Crippen LogP contribution in [0.5, 0.6) is 5.75 Å². The monoisotopic (exact) mass is 303 g/mol. The number of halogens is 1. The Hall–Kier alpha value is -2.06. The number of rotatable bonds is 3. The maximum Gasteiger partial charge on any atom is 0.140 e. The Morgan fingerprint density at radius 3 is 2.94 bits per heavy atom. The van der Waals surface area contributed by atoms with Crippen molar-refractivity contribution in [1.82, 2.24) is 4.98 Å². The van der Waals surface area contributed by atoms with Gasteiger partial charge < -0.3 is 10.5 Å². The molecule has 0 unspecified atom stereocenters. The fraction of sp³-hybridized carbons (Fsp3) is 0.0769. The Bertz CT molecular complexity index is 607. The number of nitriles is 1. The molecule has 0 aliphatic carbocycles. The van der Waals surface area contributed by atoms with Gasteiger partial charge in [-0.15, -0.1) is 0 Å². The number of hydrogen-bond donors (Lipinski definition) is 1. The second-order valence-electron chi connectivity index (χ2n) is 3.64. The molecule has 1 aromatic heterocycles. The number of anilines is 1. The van der Waals surface area contributed by atoms with Crippen LogP contribution in [0.4, 0.5) is 5.69 Å². The number of benzene rings is 1. The summed E-state index contributed by atoms with van der Waals surface area (Å²) in [6.07, 6.45) is 1.59. The third-order valence-electron chi connectivity index (χ3n) is 2.29. The summed E-state index contributed by atoms with van der Waals surface area (Å²) in [4.78, 5) is 3.90. The molecule has 2 aromatic rings. The molecule has 90 valence electrons. The molecule has 0 fully saturated rings. The number of nitrogens with two attached hydrogens (primary N) is 1. The molecule has 0 aliphatic heterocycles. The Labute approximate surface area is 113 Å². The van der Waals surface area contributed by atoms with E-state index >= 15 is 0 Å². The summed E-state index contributed by atoms with van der Waals surface area (Å²) in [5, 5.41) is 8.75. The van der Waals surface area contributed by atoms with Crippen LogP contribution in [0.3, 0.4) is 0 Å². The van der Waals surface area contributed by atoms with Crippen LogP contribution in [-0.2, 0) is 6.61 Å². The van der Waals surface area contributed by atoms with Gasteiger partial charge in [0.1, 0.15) is 24.1 Å². The van der Waals surface area contributed by atoms with Crippen LogP contribution in [0.1, 0.15) is 11.3 Å². The molecule has 0 bridgehead atoms. The second-order valence-corrected chi connectivity index (χ2v) is 4.49. The average molecular weight is 304 g/mol. The maximum atomic E-state index is 8.75. The zero-order valence-electron chi connectivity index (χ0n) is 9.43. The minimum Gasteiger partial charge on any atom is -0.488 e. The van der Waals surface area contributed by atoms with E-state index in [1.807, 2.05) is 12.1 Å². The van der Waals surface area contributed by atoms with Crippen molar-refractivity contribution < 1.29 is 4.74 Å². The third kappa shape index (κ3) is 2.99. The first-order valence-corrected chi connectivity index (χ1v) is 6.01. The summed E-state index contributed by atoms with van der Waals surface area (Å²) in [5.41, 5.74) is 7.59.